The molecule has 0 bridgehead atoms. The molecule has 1 aromatic rings. The molecular formula is C14H20ClFN2O2S. The SMILES string of the molecule is CCCNCc1cc(S(=O)(=O)NC2CCC2)cc(F)c1Cl. The Labute approximate surface area is 130 Å². The van der Waals surface area contributed by atoms with Crippen molar-refractivity contribution in [3.8, 4) is 0 Å². The summed E-state index contributed by atoms with van der Waals surface area (Å²) in [7, 11) is -3.69. The summed E-state index contributed by atoms with van der Waals surface area (Å²) in [6.45, 7) is 3.12. The minimum atomic E-state index is -3.69. The first kappa shape index (κ1) is 16.7. The smallest absolute Gasteiger partial charge is 0.240 e. The first-order valence-corrected chi connectivity index (χ1v) is 9.01. The molecule has 0 aromatic heterocycles. The Kier molecular flexibility index (Phi) is 5.60. The van der Waals surface area contributed by atoms with Gasteiger partial charge in [-0.15, -0.1) is 0 Å². The predicted molar refractivity (Wildman–Crippen MR) is 81.4 cm³/mol. The third-order valence-electron chi connectivity index (χ3n) is 3.56. The zero-order chi connectivity index (χ0) is 15.5. The normalized spacial score (nSPS) is 16.0. The molecule has 1 aliphatic carbocycles. The van der Waals surface area contributed by atoms with E-state index in [0.29, 0.717) is 12.1 Å². The van der Waals surface area contributed by atoms with Crippen LogP contribution >= 0.6 is 11.6 Å². The first-order chi connectivity index (χ1) is 9.94. The monoisotopic (exact) mass is 334 g/mol. The van der Waals surface area contributed by atoms with Crippen molar-refractivity contribution < 1.29 is 12.8 Å². The minimum absolute atomic E-state index is 0.0267. The van der Waals surface area contributed by atoms with Gasteiger partial charge in [-0.05, 0) is 43.5 Å². The molecule has 2 rings (SSSR count). The van der Waals surface area contributed by atoms with Crippen LogP contribution in [0.15, 0.2) is 17.0 Å². The lowest BCUT2D eigenvalue weighted by Gasteiger charge is -2.26. The quantitative estimate of drug-likeness (QED) is 0.754. The fraction of sp³-hybridized carbons (Fsp3) is 0.571. The average Bonchev–Trinajstić information content (AvgIpc) is 2.39. The van der Waals surface area contributed by atoms with E-state index in [1.807, 2.05) is 6.92 Å². The van der Waals surface area contributed by atoms with E-state index in [9.17, 15) is 12.8 Å². The van der Waals surface area contributed by atoms with E-state index in [2.05, 4.69) is 10.0 Å². The highest BCUT2D eigenvalue weighted by molar-refractivity contribution is 7.89. The standard InChI is InChI=1S/C14H20ClFN2O2S/c1-2-6-17-9-10-7-12(8-13(16)14(10)15)21(19,20)18-11-4-3-5-11/h7-8,11,17-18H,2-6,9H2,1H3. The minimum Gasteiger partial charge on any atom is -0.313 e. The summed E-state index contributed by atoms with van der Waals surface area (Å²) in [5.41, 5.74) is 0.458. The molecule has 0 amide bonds. The molecular weight excluding hydrogens is 315 g/mol. The second-order valence-electron chi connectivity index (χ2n) is 5.30. The second kappa shape index (κ2) is 7.05. The van der Waals surface area contributed by atoms with Crippen LogP contribution in [0.2, 0.25) is 5.02 Å². The lowest BCUT2D eigenvalue weighted by molar-refractivity contribution is 0.383. The summed E-state index contributed by atoms with van der Waals surface area (Å²) >= 11 is 5.91. The van der Waals surface area contributed by atoms with Crippen molar-refractivity contribution in [1.29, 1.82) is 0 Å². The zero-order valence-electron chi connectivity index (χ0n) is 12.0. The topological polar surface area (TPSA) is 58.2 Å². The van der Waals surface area contributed by atoms with Crippen LogP contribution in [0.25, 0.3) is 0 Å². The van der Waals surface area contributed by atoms with Crippen molar-refractivity contribution in [2.75, 3.05) is 6.54 Å². The van der Waals surface area contributed by atoms with E-state index < -0.39 is 15.8 Å². The third-order valence-corrected chi connectivity index (χ3v) is 5.48. The highest BCUT2D eigenvalue weighted by Crippen LogP contribution is 2.26. The molecule has 0 saturated heterocycles. The summed E-state index contributed by atoms with van der Waals surface area (Å²) in [6.07, 6.45) is 3.62. The van der Waals surface area contributed by atoms with Crippen LogP contribution in [0.4, 0.5) is 4.39 Å². The molecule has 1 aliphatic rings. The van der Waals surface area contributed by atoms with Gasteiger partial charge < -0.3 is 5.32 Å². The van der Waals surface area contributed by atoms with Crippen LogP contribution in [-0.2, 0) is 16.6 Å². The Bertz CT molecular complexity index is 603. The molecule has 0 atom stereocenters. The van der Waals surface area contributed by atoms with Gasteiger partial charge in [0, 0.05) is 12.6 Å². The Morgan fingerprint density at radius 1 is 1.38 bits per heavy atom. The Balaban J connectivity index is 2.22. The van der Waals surface area contributed by atoms with Crippen molar-refractivity contribution in [2.45, 2.75) is 50.1 Å². The molecule has 1 fully saturated rings. The van der Waals surface area contributed by atoms with Crippen molar-refractivity contribution in [2.24, 2.45) is 0 Å². The van der Waals surface area contributed by atoms with E-state index in [4.69, 9.17) is 11.6 Å². The molecule has 2 N–H and O–H groups in total. The van der Waals surface area contributed by atoms with E-state index in [-0.39, 0.29) is 16.0 Å². The molecule has 21 heavy (non-hydrogen) atoms. The summed E-state index contributed by atoms with van der Waals surface area (Å²) in [6, 6.07) is 2.39. The van der Waals surface area contributed by atoms with Crippen LogP contribution in [0.1, 0.15) is 38.2 Å². The van der Waals surface area contributed by atoms with Crippen molar-refractivity contribution in [1.82, 2.24) is 10.0 Å². The van der Waals surface area contributed by atoms with Crippen molar-refractivity contribution in [3.63, 3.8) is 0 Å². The maximum absolute atomic E-state index is 13.9. The summed E-state index contributed by atoms with van der Waals surface area (Å²) < 4.78 is 40.9. The first-order valence-electron chi connectivity index (χ1n) is 7.15. The van der Waals surface area contributed by atoms with Gasteiger partial charge in [0.2, 0.25) is 10.0 Å². The van der Waals surface area contributed by atoms with E-state index in [0.717, 1.165) is 38.3 Å². The molecule has 0 heterocycles. The van der Waals surface area contributed by atoms with Gasteiger partial charge in [0.1, 0.15) is 5.82 Å². The lowest BCUT2D eigenvalue weighted by Crippen LogP contribution is -2.39. The number of hydrogen-bond donors (Lipinski definition) is 2. The number of benzene rings is 1. The Hall–Kier alpha value is -0.690. The molecule has 118 valence electrons. The van der Waals surface area contributed by atoms with Crippen LogP contribution in [-0.4, -0.2) is 21.0 Å². The largest absolute Gasteiger partial charge is 0.313 e. The average molecular weight is 335 g/mol. The van der Waals surface area contributed by atoms with Gasteiger partial charge >= 0.3 is 0 Å². The van der Waals surface area contributed by atoms with E-state index in [1.165, 1.54) is 6.07 Å². The van der Waals surface area contributed by atoms with Crippen molar-refractivity contribution >= 4 is 21.6 Å². The van der Waals surface area contributed by atoms with Gasteiger partial charge in [-0.2, -0.15) is 0 Å². The lowest BCUT2D eigenvalue weighted by atomic mass is 9.94. The molecule has 0 aliphatic heterocycles. The molecule has 1 aromatic carbocycles. The van der Waals surface area contributed by atoms with Gasteiger partial charge in [0.15, 0.2) is 0 Å². The number of sulfonamides is 1. The van der Waals surface area contributed by atoms with Crippen LogP contribution < -0.4 is 10.0 Å². The van der Waals surface area contributed by atoms with Crippen LogP contribution in [0.3, 0.4) is 0 Å². The summed E-state index contributed by atoms with van der Waals surface area (Å²) in [5.74, 6) is -0.707. The Morgan fingerprint density at radius 3 is 2.67 bits per heavy atom. The third kappa shape index (κ3) is 4.16. The predicted octanol–water partition coefficient (Wildman–Crippen LogP) is 2.81. The van der Waals surface area contributed by atoms with Crippen molar-refractivity contribution in [3.05, 3.63) is 28.5 Å². The number of hydrogen-bond acceptors (Lipinski definition) is 3. The van der Waals surface area contributed by atoms with Gasteiger partial charge in [0.25, 0.3) is 0 Å². The van der Waals surface area contributed by atoms with E-state index in [1.54, 1.807) is 0 Å². The zero-order valence-corrected chi connectivity index (χ0v) is 13.5. The van der Waals surface area contributed by atoms with E-state index >= 15 is 0 Å². The highest BCUT2D eigenvalue weighted by atomic mass is 35.5. The molecule has 1 saturated carbocycles. The highest BCUT2D eigenvalue weighted by Gasteiger charge is 2.26. The maximum atomic E-state index is 13.9. The van der Waals surface area contributed by atoms with Gasteiger partial charge in [0.05, 0.1) is 9.92 Å². The molecule has 0 spiro atoms. The number of nitrogens with one attached hydrogen (secondary N) is 2. The molecule has 4 nitrogen and oxygen atoms in total. The summed E-state index contributed by atoms with van der Waals surface area (Å²) in [5, 5.41) is 3.07. The number of halogens is 2. The molecule has 0 unspecified atom stereocenters. The second-order valence-corrected chi connectivity index (χ2v) is 7.40. The maximum Gasteiger partial charge on any atom is 0.240 e. The molecule has 0 radical (unpaired) electrons. The molecule has 7 heteroatoms. The fourth-order valence-corrected chi connectivity index (χ4v) is 3.66. The van der Waals surface area contributed by atoms with Gasteiger partial charge in [-0.1, -0.05) is 24.9 Å². The summed E-state index contributed by atoms with van der Waals surface area (Å²) in [4.78, 5) is -0.0652. The number of rotatable bonds is 7. The van der Waals surface area contributed by atoms with Crippen LogP contribution in [0.5, 0.6) is 0 Å². The fourth-order valence-electron chi connectivity index (χ4n) is 2.12. The van der Waals surface area contributed by atoms with Gasteiger partial charge in [-0.25, -0.2) is 17.5 Å². The van der Waals surface area contributed by atoms with Crippen LogP contribution in [0, 0.1) is 5.82 Å². The Morgan fingerprint density at radius 2 is 2.10 bits per heavy atom. The van der Waals surface area contributed by atoms with Gasteiger partial charge in [-0.3, -0.25) is 0 Å².